The summed E-state index contributed by atoms with van der Waals surface area (Å²) in [5.74, 6) is 0.741. The summed E-state index contributed by atoms with van der Waals surface area (Å²) in [5, 5.41) is 0. The van der Waals surface area contributed by atoms with Crippen LogP contribution < -0.4 is 0 Å². The van der Waals surface area contributed by atoms with E-state index in [9.17, 15) is 4.39 Å². The summed E-state index contributed by atoms with van der Waals surface area (Å²) in [5.41, 5.74) is 5.00. The SMILES string of the molecule is Cc1cccc(C)c1CC(CCl)Cc1cccc(F)c1. The number of halogens is 2. The molecule has 2 heteroatoms. The second-order valence-electron chi connectivity index (χ2n) is 5.43. The number of aryl methyl sites for hydroxylation is 2. The quantitative estimate of drug-likeness (QED) is 0.673. The third-order valence-electron chi connectivity index (χ3n) is 3.77. The molecule has 0 aliphatic carbocycles. The molecule has 106 valence electrons. The number of alkyl halides is 1. The van der Waals surface area contributed by atoms with E-state index < -0.39 is 0 Å². The summed E-state index contributed by atoms with van der Waals surface area (Å²) in [6.45, 7) is 4.27. The number of rotatable bonds is 5. The lowest BCUT2D eigenvalue weighted by Gasteiger charge is -2.17. The molecular weight excluding hydrogens is 271 g/mol. The van der Waals surface area contributed by atoms with Crippen LogP contribution in [0.3, 0.4) is 0 Å². The minimum atomic E-state index is -0.178. The Kier molecular flexibility index (Phi) is 5.19. The molecule has 1 unspecified atom stereocenters. The Balaban J connectivity index is 2.13. The van der Waals surface area contributed by atoms with Gasteiger partial charge in [-0.2, -0.15) is 0 Å². The summed E-state index contributed by atoms with van der Waals surface area (Å²) >= 11 is 6.12. The topological polar surface area (TPSA) is 0 Å². The predicted octanol–water partition coefficient (Wildman–Crippen LogP) is 5.08. The van der Waals surface area contributed by atoms with Crippen molar-refractivity contribution in [2.75, 3.05) is 5.88 Å². The van der Waals surface area contributed by atoms with E-state index in [4.69, 9.17) is 11.6 Å². The summed E-state index contributed by atoms with van der Waals surface area (Å²) in [4.78, 5) is 0. The molecule has 0 amide bonds. The van der Waals surface area contributed by atoms with Crippen LogP contribution in [0.25, 0.3) is 0 Å². The average molecular weight is 291 g/mol. The highest BCUT2D eigenvalue weighted by Gasteiger charge is 2.13. The van der Waals surface area contributed by atoms with E-state index in [-0.39, 0.29) is 5.82 Å². The normalized spacial score (nSPS) is 12.4. The van der Waals surface area contributed by atoms with E-state index in [1.165, 1.54) is 22.8 Å². The molecule has 0 aliphatic rings. The Morgan fingerprint density at radius 2 is 1.65 bits per heavy atom. The van der Waals surface area contributed by atoms with Crippen LogP contribution in [0.2, 0.25) is 0 Å². The van der Waals surface area contributed by atoms with E-state index in [2.05, 4.69) is 32.0 Å². The first kappa shape index (κ1) is 15.1. The molecule has 0 aromatic heterocycles. The largest absolute Gasteiger partial charge is 0.207 e. The summed E-state index contributed by atoms with van der Waals surface area (Å²) in [7, 11) is 0. The van der Waals surface area contributed by atoms with Crippen molar-refractivity contribution in [1.29, 1.82) is 0 Å². The molecule has 2 aromatic rings. The van der Waals surface area contributed by atoms with Gasteiger partial charge in [-0.25, -0.2) is 4.39 Å². The van der Waals surface area contributed by atoms with E-state index in [0.29, 0.717) is 11.8 Å². The van der Waals surface area contributed by atoms with Crippen LogP contribution >= 0.6 is 11.6 Å². The minimum Gasteiger partial charge on any atom is -0.207 e. The van der Waals surface area contributed by atoms with E-state index in [0.717, 1.165) is 18.4 Å². The van der Waals surface area contributed by atoms with Gasteiger partial charge in [0.25, 0.3) is 0 Å². The zero-order chi connectivity index (χ0) is 14.5. The first-order chi connectivity index (χ1) is 9.60. The van der Waals surface area contributed by atoms with Crippen LogP contribution in [0.4, 0.5) is 4.39 Å². The number of hydrogen-bond donors (Lipinski definition) is 0. The van der Waals surface area contributed by atoms with Gasteiger partial charge in [0, 0.05) is 5.88 Å². The molecule has 1 atom stereocenters. The maximum absolute atomic E-state index is 13.2. The summed E-state index contributed by atoms with van der Waals surface area (Å²) < 4.78 is 13.2. The molecule has 0 spiro atoms. The zero-order valence-corrected chi connectivity index (χ0v) is 12.8. The van der Waals surface area contributed by atoms with Crippen molar-refractivity contribution in [2.45, 2.75) is 26.7 Å². The lowest BCUT2D eigenvalue weighted by atomic mass is 9.90. The highest BCUT2D eigenvalue weighted by atomic mass is 35.5. The van der Waals surface area contributed by atoms with Gasteiger partial charge in [-0.15, -0.1) is 11.6 Å². The first-order valence-electron chi connectivity index (χ1n) is 6.95. The zero-order valence-electron chi connectivity index (χ0n) is 12.0. The van der Waals surface area contributed by atoms with Gasteiger partial charge in [0.1, 0.15) is 5.82 Å². The van der Waals surface area contributed by atoms with Gasteiger partial charge in [0.05, 0.1) is 0 Å². The number of hydrogen-bond acceptors (Lipinski definition) is 0. The molecule has 0 saturated carbocycles. The lowest BCUT2D eigenvalue weighted by Crippen LogP contribution is -2.12. The monoisotopic (exact) mass is 290 g/mol. The Hall–Kier alpha value is -1.34. The fourth-order valence-corrected chi connectivity index (χ4v) is 2.86. The second kappa shape index (κ2) is 6.90. The molecule has 2 aromatic carbocycles. The van der Waals surface area contributed by atoms with Gasteiger partial charge in [0.15, 0.2) is 0 Å². The van der Waals surface area contributed by atoms with E-state index in [1.807, 2.05) is 6.07 Å². The molecule has 0 heterocycles. The molecule has 0 aliphatic heterocycles. The van der Waals surface area contributed by atoms with Gasteiger partial charge in [-0.1, -0.05) is 30.3 Å². The smallest absolute Gasteiger partial charge is 0.123 e. The molecule has 2 rings (SSSR count). The molecular formula is C18H20ClF. The third kappa shape index (κ3) is 3.83. The van der Waals surface area contributed by atoms with Gasteiger partial charge < -0.3 is 0 Å². The molecule has 0 radical (unpaired) electrons. The molecule has 0 bridgehead atoms. The third-order valence-corrected chi connectivity index (χ3v) is 4.21. The summed E-state index contributed by atoms with van der Waals surface area (Å²) in [6, 6.07) is 13.2. The Morgan fingerprint density at radius 3 is 2.25 bits per heavy atom. The highest BCUT2D eigenvalue weighted by Crippen LogP contribution is 2.21. The summed E-state index contributed by atoms with van der Waals surface area (Å²) in [6.07, 6.45) is 1.76. The van der Waals surface area contributed by atoms with Crippen LogP contribution in [0, 0.1) is 25.6 Å². The Labute approximate surface area is 125 Å². The lowest BCUT2D eigenvalue weighted by molar-refractivity contribution is 0.574. The van der Waals surface area contributed by atoms with Crippen molar-refractivity contribution < 1.29 is 4.39 Å². The standard InChI is InChI=1S/C18H20ClF/c1-13-5-3-6-14(2)18(13)11-16(12-19)9-15-7-4-8-17(20)10-15/h3-8,10,16H,9,11-12H2,1-2H3. The maximum atomic E-state index is 13.2. The van der Waals surface area contributed by atoms with Crippen LogP contribution in [0.5, 0.6) is 0 Å². The molecule has 0 fully saturated rings. The Bertz CT molecular complexity index is 557. The van der Waals surface area contributed by atoms with E-state index in [1.54, 1.807) is 12.1 Å². The van der Waals surface area contributed by atoms with E-state index >= 15 is 0 Å². The number of benzene rings is 2. The van der Waals surface area contributed by atoms with Gasteiger partial charge in [-0.3, -0.25) is 0 Å². The van der Waals surface area contributed by atoms with Crippen LogP contribution in [-0.4, -0.2) is 5.88 Å². The minimum absolute atomic E-state index is 0.178. The first-order valence-corrected chi connectivity index (χ1v) is 7.49. The second-order valence-corrected chi connectivity index (χ2v) is 5.74. The van der Waals surface area contributed by atoms with Crippen molar-refractivity contribution in [3.05, 3.63) is 70.5 Å². The highest BCUT2D eigenvalue weighted by molar-refractivity contribution is 6.18. The van der Waals surface area contributed by atoms with Crippen LogP contribution in [0.15, 0.2) is 42.5 Å². The van der Waals surface area contributed by atoms with Gasteiger partial charge >= 0.3 is 0 Å². The predicted molar refractivity (Wildman–Crippen MR) is 83.9 cm³/mol. The van der Waals surface area contributed by atoms with Crippen LogP contribution in [-0.2, 0) is 12.8 Å². The molecule has 20 heavy (non-hydrogen) atoms. The fourth-order valence-electron chi connectivity index (χ4n) is 2.64. The van der Waals surface area contributed by atoms with Crippen molar-refractivity contribution >= 4 is 11.6 Å². The van der Waals surface area contributed by atoms with Crippen molar-refractivity contribution in [2.24, 2.45) is 5.92 Å². The molecule has 0 saturated heterocycles. The van der Waals surface area contributed by atoms with Crippen molar-refractivity contribution in [1.82, 2.24) is 0 Å². The fraction of sp³-hybridized carbons (Fsp3) is 0.333. The molecule has 0 nitrogen and oxygen atoms in total. The van der Waals surface area contributed by atoms with Gasteiger partial charge in [0.2, 0.25) is 0 Å². The average Bonchev–Trinajstić information content (AvgIpc) is 2.42. The Morgan fingerprint density at radius 1 is 1.00 bits per heavy atom. The van der Waals surface area contributed by atoms with Gasteiger partial charge in [-0.05, 0) is 67.0 Å². The van der Waals surface area contributed by atoms with Crippen molar-refractivity contribution in [3.8, 4) is 0 Å². The molecule has 0 N–H and O–H groups in total. The maximum Gasteiger partial charge on any atom is 0.123 e. The van der Waals surface area contributed by atoms with Crippen molar-refractivity contribution in [3.63, 3.8) is 0 Å². The van der Waals surface area contributed by atoms with Crippen LogP contribution in [0.1, 0.15) is 22.3 Å².